The first kappa shape index (κ1) is 12.7. The van der Waals surface area contributed by atoms with Crippen LogP contribution in [-0.2, 0) is 17.8 Å². The number of anilines is 1. The molecule has 90 valence electrons. The number of hydrazine groups is 1. The molecule has 0 amide bonds. The second kappa shape index (κ2) is 5.08. The van der Waals surface area contributed by atoms with Crippen molar-refractivity contribution < 1.29 is 17.9 Å². The summed E-state index contributed by atoms with van der Waals surface area (Å²) in [5, 5.41) is 0. The minimum Gasteiger partial charge on any atom is -0.378 e. The first-order valence-electron chi connectivity index (χ1n) is 4.33. The highest BCUT2D eigenvalue weighted by Gasteiger charge is 2.29. The number of nitrogens with two attached hydrogens (primary N) is 1. The van der Waals surface area contributed by atoms with E-state index in [2.05, 4.69) is 15.4 Å². The topological polar surface area (TPSA) is 73.1 Å². The van der Waals surface area contributed by atoms with E-state index in [9.17, 15) is 13.2 Å². The van der Waals surface area contributed by atoms with Gasteiger partial charge in [0.05, 0.1) is 12.3 Å². The Morgan fingerprint density at radius 3 is 2.62 bits per heavy atom. The number of nitrogens with one attached hydrogen (secondary N) is 1. The van der Waals surface area contributed by atoms with Crippen LogP contribution in [-0.4, -0.2) is 23.3 Å². The molecule has 0 aliphatic rings. The number of alkyl halides is 3. The van der Waals surface area contributed by atoms with E-state index in [0.29, 0.717) is 5.69 Å². The molecule has 5 nitrogen and oxygen atoms in total. The lowest BCUT2D eigenvalue weighted by Gasteiger charge is -2.08. The number of aromatic nitrogens is 2. The molecule has 0 saturated carbocycles. The summed E-state index contributed by atoms with van der Waals surface area (Å²) in [5.74, 6) is 4.87. The lowest BCUT2D eigenvalue weighted by molar-refractivity contribution is -0.128. The van der Waals surface area contributed by atoms with Gasteiger partial charge in [0.25, 0.3) is 0 Å². The van der Waals surface area contributed by atoms with Gasteiger partial charge in [-0.15, -0.1) is 0 Å². The second-order valence-corrected chi connectivity index (χ2v) is 3.03. The van der Waals surface area contributed by atoms with E-state index in [1.54, 1.807) is 0 Å². The van der Waals surface area contributed by atoms with Crippen molar-refractivity contribution in [3.05, 3.63) is 17.6 Å². The van der Waals surface area contributed by atoms with Gasteiger partial charge in [-0.25, -0.2) is 15.8 Å². The molecule has 1 aromatic rings. The number of nitrogens with zero attached hydrogens (tertiary/aromatic N) is 2. The summed E-state index contributed by atoms with van der Waals surface area (Å²) in [4.78, 5) is 7.30. The molecular formula is C8H11F3N4O. The molecule has 3 N–H and O–H groups in total. The molecule has 0 radical (unpaired) electrons. The quantitative estimate of drug-likeness (QED) is 0.603. The predicted molar refractivity (Wildman–Crippen MR) is 50.3 cm³/mol. The van der Waals surface area contributed by atoms with Gasteiger partial charge in [-0.05, 0) is 0 Å². The van der Waals surface area contributed by atoms with Crippen molar-refractivity contribution in [2.45, 2.75) is 19.2 Å². The van der Waals surface area contributed by atoms with Gasteiger partial charge in [0, 0.05) is 13.2 Å². The Kier molecular flexibility index (Phi) is 4.02. The third-order valence-corrected chi connectivity index (χ3v) is 1.62. The van der Waals surface area contributed by atoms with Crippen molar-refractivity contribution >= 4 is 5.82 Å². The van der Waals surface area contributed by atoms with Crippen LogP contribution in [0.1, 0.15) is 11.5 Å². The lowest BCUT2D eigenvalue weighted by atomic mass is 10.3. The Hall–Kier alpha value is -1.41. The van der Waals surface area contributed by atoms with Crippen LogP contribution in [0, 0.1) is 0 Å². The normalized spacial score (nSPS) is 11.6. The molecule has 0 unspecified atom stereocenters. The predicted octanol–water partition coefficient (Wildman–Crippen LogP) is 1.01. The van der Waals surface area contributed by atoms with Crippen molar-refractivity contribution in [2.24, 2.45) is 5.84 Å². The number of nitrogen functional groups attached to an aromatic ring is 1. The monoisotopic (exact) mass is 236 g/mol. The zero-order valence-electron chi connectivity index (χ0n) is 8.51. The molecule has 16 heavy (non-hydrogen) atoms. The third kappa shape index (κ3) is 3.99. The van der Waals surface area contributed by atoms with Gasteiger partial charge in [-0.1, -0.05) is 0 Å². The third-order valence-electron chi connectivity index (χ3n) is 1.62. The Bertz CT molecular complexity index is 356. The van der Waals surface area contributed by atoms with E-state index in [-0.39, 0.29) is 18.2 Å². The molecule has 0 saturated heterocycles. The van der Waals surface area contributed by atoms with E-state index in [0.717, 1.165) is 0 Å². The second-order valence-electron chi connectivity index (χ2n) is 3.03. The maximum atomic E-state index is 12.1. The maximum Gasteiger partial charge on any atom is 0.396 e. The highest BCUT2D eigenvalue weighted by molar-refractivity contribution is 5.34. The molecule has 0 atom stereocenters. The molecule has 0 bridgehead atoms. The summed E-state index contributed by atoms with van der Waals surface area (Å²) >= 11 is 0. The highest BCUT2D eigenvalue weighted by Crippen LogP contribution is 2.20. The molecule has 0 spiro atoms. The van der Waals surface area contributed by atoms with Crippen molar-refractivity contribution in [1.29, 1.82) is 0 Å². The molecule has 0 fully saturated rings. The number of methoxy groups -OCH3 is 1. The first-order chi connectivity index (χ1) is 7.44. The zero-order valence-corrected chi connectivity index (χ0v) is 8.51. The average Bonchev–Trinajstić information content (AvgIpc) is 2.15. The Labute approximate surface area is 89.8 Å². The van der Waals surface area contributed by atoms with E-state index in [1.165, 1.54) is 13.2 Å². The van der Waals surface area contributed by atoms with E-state index >= 15 is 0 Å². The van der Waals surface area contributed by atoms with Gasteiger partial charge in [-0.2, -0.15) is 13.2 Å². The fraction of sp³-hybridized carbons (Fsp3) is 0.500. The minimum atomic E-state index is -4.35. The maximum absolute atomic E-state index is 12.1. The summed E-state index contributed by atoms with van der Waals surface area (Å²) in [6.45, 7) is 0.0993. The van der Waals surface area contributed by atoms with Crippen molar-refractivity contribution in [3.63, 3.8) is 0 Å². The molecule has 1 heterocycles. The van der Waals surface area contributed by atoms with Crippen molar-refractivity contribution in [3.8, 4) is 0 Å². The standard InChI is InChI=1S/C8H11F3N4O/c1-16-4-5-2-6(15-12)14-7(13-5)3-8(9,10)11/h2H,3-4,12H2,1H3,(H,13,14,15). The van der Waals surface area contributed by atoms with Gasteiger partial charge < -0.3 is 10.2 Å². The summed E-state index contributed by atoms with van der Waals surface area (Å²) < 4.78 is 41.2. The van der Waals surface area contributed by atoms with Gasteiger partial charge in [-0.3, -0.25) is 0 Å². The molecule has 1 aromatic heterocycles. The molecule has 8 heteroatoms. The van der Waals surface area contributed by atoms with E-state index in [4.69, 9.17) is 10.6 Å². The summed E-state index contributed by atoms with van der Waals surface area (Å²) in [6.07, 6.45) is -5.54. The van der Waals surface area contributed by atoms with Crippen LogP contribution >= 0.6 is 0 Å². The molecule has 0 aliphatic carbocycles. The summed E-state index contributed by atoms with van der Waals surface area (Å²) in [7, 11) is 1.42. The van der Waals surface area contributed by atoms with E-state index in [1.807, 2.05) is 0 Å². The van der Waals surface area contributed by atoms with Crippen LogP contribution in [0.25, 0.3) is 0 Å². The van der Waals surface area contributed by atoms with Crippen molar-refractivity contribution in [2.75, 3.05) is 12.5 Å². The number of rotatable bonds is 4. The van der Waals surface area contributed by atoms with E-state index < -0.39 is 12.6 Å². The smallest absolute Gasteiger partial charge is 0.378 e. The van der Waals surface area contributed by atoms with Crippen LogP contribution in [0.2, 0.25) is 0 Å². The van der Waals surface area contributed by atoms with Gasteiger partial charge in [0.15, 0.2) is 0 Å². The number of hydrogen-bond donors (Lipinski definition) is 2. The van der Waals surface area contributed by atoms with Crippen molar-refractivity contribution in [1.82, 2.24) is 9.97 Å². The average molecular weight is 236 g/mol. The Morgan fingerprint density at radius 1 is 1.44 bits per heavy atom. The molecule has 0 aliphatic heterocycles. The fourth-order valence-corrected chi connectivity index (χ4v) is 1.11. The molecule has 0 aromatic carbocycles. The number of hydrogen-bond acceptors (Lipinski definition) is 5. The molecule has 1 rings (SSSR count). The lowest BCUT2D eigenvalue weighted by Crippen LogP contribution is -2.17. The number of ether oxygens (including phenoxy) is 1. The van der Waals surface area contributed by atoms with Gasteiger partial charge >= 0.3 is 6.18 Å². The SMILES string of the molecule is COCc1cc(NN)nc(CC(F)(F)F)n1. The highest BCUT2D eigenvalue weighted by atomic mass is 19.4. The molecular weight excluding hydrogens is 225 g/mol. The van der Waals surface area contributed by atoms with Gasteiger partial charge in [0.2, 0.25) is 0 Å². The van der Waals surface area contributed by atoms with Crippen LogP contribution in [0.3, 0.4) is 0 Å². The summed E-state index contributed by atoms with van der Waals surface area (Å²) in [5.41, 5.74) is 2.52. The largest absolute Gasteiger partial charge is 0.396 e. The zero-order chi connectivity index (χ0) is 12.2. The Morgan fingerprint density at radius 2 is 2.12 bits per heavy atom. The van der Waals surface area contributed by atoms with Crippen LogP contribution in [0.4, 0.5) is 19.0 Å². The first-order valence-corrected chi connectivity index (χ1v) is 4.33. The minimum absolute atomic E-state index is 0.0993. The summed E-state index contributed by atoms with van der Waals surface area (Å²) in [6, 6.07) is 1.42. The number of halogens is 3. The van der Waals surface area contributed by atoms with Crippen LogP contribution in [0.5, 0.6) is 0 Å². The fourth-order valence-electron chi connectivity index (χ4n) is 1.11. The Balaban J connectivity index is 2.95. The van der Waals surface area contributed by atoms with Crippen LogP contribution in [0.15, 0.2) is 6.07 Å². The van der Waals surface area contributed by atoms with Gasteiger partial charge in [0.1, 0.15) is 18.1 Å². The van der Waals surface area contributed by atoms with Crippen LogP contribution < -0.4 is 11.3 Å².